The Balaban J connectivity index is 3.06. The van der Waals surface area contributed by atoms with Crippen LogP contribution in [0.1, 0.15) is 13.3 Å². The molecule has 3 N–H and O–H groups in total. The zero-order valence-electron chi connectivity index (χ0n) is 10.1. The molecule has 0 amide bonds. The monoisotopic (exact) mass is 334 g/mol. The van der Waals surface area contributed by atoms with E-state index in [9.17, 15) is 26.0 Å². The van der Waals surface area contributed by atoms with E-state index in [2.05, 4.69) is 0 Å². The van der Waals surface area contributed by atoms with Gasteiger partial charge in [-0.05, 0) is 19.1 Å². The van der Waals surface area contributed by atoms with Crippen molar-refractivity contribution in [2.24, 2.45) is 0 Å². The van der Waals surface area contributed by atoms with Gasteiger partial charge in [0.15, 0.2) is 5.82 Å². The number of halogens is 5. The summed E-state index contributed by atoms with van der Waals surface area (Å²) in [6, 6.07) is 0.310. The molecule has 4 nitrogen and oxygen atoms in total. The molecule has 0 aliphatic heterocycles. The highest BCUT2D eigenvalue weighted by molar-refractivity contribution is 7.89. The lowest BCUT2D eigenvalue weighted by atomic mass is 10.2. The van der Waals surface area contributed by atoms with Crippen molar-refractivity contribution >= 4 is 27.3 Å². The average molecular weight is 335 g/mol. The summed E-state index contributed by atoms with van der Waals surface area (Å²) >= 11 is 5.55. The molecule has 0 fully saturated rings. The molecule has 0 aliphatic carbocycles. The van der Waals surface area contributed by atoms with Crippen molar-refractivity contribution in [2.45, 2.75) is 30.5 Å². The van der Waals surface area contributed by atoms with Crippen LogP contribution in [0.15, 0.2) is 17.0 Å². The second-order valence-corrected chi connectivity index (χ2v) is 6.27. The van der Waals surface area contributed by atoms with Crippen LogP contribution in [0.4, 0.5) is 23.2 Å². The molecule has 0 radical (unpaired) electrons. The van der Waals surface area contributed by atoms with Crippen molar-refractivity contribution in [3.63, 3.8) is 0 Å². The maximum Gasteiger partial charge on any atom is 0.390 e. The lowest BCUT2D eigenvalue weighted by molar-refractivity contribution is -0.137. The van der Waals surface area contributed by atoms with Gasteiger partial charge in [-0.2, -0.15) is 13.2 Å². The van der Waals surface area contributed by atoms with Crippen LogP contribution in [0.25, 0.3) is 0 Å². The molecule has 0 bridgehead atoms. The Morgan fingerprint density at radius 2 is 1.95 bits per heavy atom. The van der Waals surface area contributed by atoms with Crippen molar-refractivity contribution in [3.05, 3.63) is 23.0 Å². The molecule has 1 atom stereocenters. The van der Waals surface area contributed by atoms with Gasteiger partial charge in [0.1, 0.15) is 4.90 Å². The number of hydrogen-bond donors (Lipinski definition) is 2. The molecule has 1 rings (SSSR count). The van der Waals surface area contributed by atoms with Crippen LogP contribution in [0, 0.1) is 5.82 Å². The molecule has 20 heavy (non-hydrogen) atoms. The molecule has 1 aromatic carbocycles. The Kier molecular flexibility index (Phi) is 4.88. The summed E-state index contributed by atoms with van der Waals surface area (Å²) in [6.45, 7) is 1.01. The molecule has 0 aromatic heterocycles. The topological polar surface area (TPSA) is 72.2 Å². The number of alkyl halides is 3. The van der Waals surface area contributed by atoms with Gasteiger partial charge < -0.3 is 5.73 Å². The molecule has 1 aromatic rings. The summed E-state index contributed by atoms with van der Waals surface area (Å²) in [4.78, 5) is -0.892. The Hall–Kier alpha value is -1.06. The fourth-order valence-corrected chi connectivity index (χ4v) is 3.16. The molecule has 0 saturated heterocycles. The third-order valence-electron chi connectivity index (χ3n) is 2.22. The van der Waals surface area contributed by atoms with E-state index < -0.39 is 45.1 Å². The summed E-state index contributed by atoms with van der Waals surface area (Å²) < 4.78 is 75.4. The lowest BCUT2D eigenvalue weighted by Crippen LogP contribution is -2.36. The summed E-state index contributed by atoms with van der Waals surface area (Å²) in [5.74, 6) is -1.26. The van der Waals surface area contributed by atoms with E-state index in [1.807, 2.05) is 0 Å². The highest BCUT2D eigenvalue weighted by atomic mass is 35.5. The quantitative estimate of drug-likeness (QED) is 0.657. The number of sulfonamides is 1. The summed E-state index contributed by atoms with van der Waals surface area (Å²) in [5, 5.41) is -0.146. The zero-order valence-corrected chi connectivity index (χ0v) is 11.7. The third kappa shape index (κ3) is 4.50. The molecular weight excluding hydrogens is 324 g/mol. The van der Waals surface area contributed by atoms with Crippen molar-refractivity contribution in [3.8, 4) is 0 Å². The average Bonchev–Trinajstić information content (AvgIpc) is 2.19. The summed E-state index contributed by atoms with van der Waals surface area (Å²) in [5.41, 5.74) is 4.71. The van der Waals surface area contributed by atoms with Gasteiger partial charge in [-0.1, -0.05) is 11.6 Å². The third-order valence-corrected chi connectivity index (χ3v) is 4.02. The van der Waals surface area contributed by atoms with Gasteiger partial charge in [0.2, 0.25) is 10.0 Å². The van der Waals surface area contributed by atoms with Crippen molar-refractivity contribution in [1.29, 1.82) is 0 Å². The molecule has 1 unspecified atom stereocenters. The van der Waals surface area contributed by atoms with Gasteiger partial charge in [-0.15, -0.1) is 0 Å². The van der Waals surface area contributed by atoms with Crippen LogP contribution >= 0.6 is 11.6 Å². The highest BCUT2D eigenvalue weighted by Crippen LogP contribution is 2.26. The predicted octanol–water partition coefficient (Wildman–Crippen LogP) is 2.68. The van der Waals surface area contributed by atoms with Gasteiger partial charge in [0.05, 0.1) is 12.1 Å². The summed E-state index contributed by atoms with van der Waals surface area (Å²) in [6.07, 6.45) is -5.93. The fourth-order valence-electron chi connectivity index (χ4n) is 1.50. The van der Waals surface area contributed by atoms with Crippen molar-refractivity contribution in [1.82, 2.24) is 4.72 Å². The van der Waals surface area contributed by atoms with Gasteiger partial charge >= 0.3 is 6.18 Å². The first-order valence-corrected chi connectivity index (χ1v) is 7.12. The van der Waals surface area contributed by atoms with E-state index in [1.54, 1.807) is 4.72 Å². The maximum absolute atomic E-state index is 13.6. The highest BCUT2D eigenvalue weighted by Gasteiger charge is 2.32. The molecule has 0 heterocycles. The molecule has 10 heteroatoms. The molecule has 0 aliphatic rings. The molecular formula is C10H11ClF4N2O2S. The van der Waals surface area contributed by atoms with E-state index in [1.165, 1.54) is 0 Å². The van der Waals surface area contributed by atoms with Crippen LogP contribution in [0.3, 0.4) is 0 Å². The van der Waals surface area contributed by atoms with Crippen molar-refractivity contribution < 1.29 is 26.0 Å². The summed E-state index contributed by atoms with van der Waals surface area (Å²) in [7, 11) is -4.50. The van der Waals surface area contributed by atoms with Gasteiger partial charge in [-0.3, -0.25) is 0 Å². The Morgan fingerprint density at radius 1 is 1.40 bits per heavy atom. The maximum atomic E-state index is 13.6. The van der Waals surface area contributed by atoms with Gasteiger partial charge in [0.25, 0.3) is 0 Å². The van der Waals surface area contributed by atoms with Crippen LogP contribution in [-0.4, -0.2) is 20.6 Å². The number of nitrogens with one attached hydrogen (secondary N) is 1. The van der Waals surface area contributed by atoms with Gasteiger partial charge in [-0.25, -0.2) is 17.5 Å². The zero-order chi connectivity index (χ0) is 15.7. The number of hydrogen-bond acceptors (Lipinski definition) is 3. The second kappa shape index (κ2) is 5.74. The minimum atomic E-state index is -4.55. The first-order chi connectivity index (χ1) is 8.92. The van der Waals surface area contributed by atoms with E-state index in [-0.39, 0.29) is 5.02 Å². The van der Waals surface area contributed by atoms with Gasteiger partial charge in [0, 0.05) is 11.1 Å². The predicted molar refractivity (Wildman–Crippen MR) is 66.3 cm³/mol. The van der Waals surface area contributed by atoms with Crippen molar-refractivity contribution in [2.75, 3.05) is 5.73 Å². The SMILES string of the molecule is CC(CC(F)(F)F)NS(=O)(=O)c1cc(Cl)cc(N)c1F. The lowest BCUT2D eigenvalue weighted by Gasteiger charge is -2.16. The second-order valence-electron chi connectivity index (χ2n) is 4.15. The molecule has 0 spiro atoms. The number of nitrogen functional groups attached to an aromatic ring is 1. The standard InChI is InChI=1S/C10H11ClF4N2O2S/c1-5(4-10(13,14)15)17-20(18,19)8-3-6(11)2-7(16)9(8)12/h2-3,5,17H,4,16H2,1H3. The first-order valence-electron chi connectivity index (χ1n) is 5.26. The van der Waals surface area contributed by atoms with E-state index in [0.29, 0.717) is 0 Å². The van der Waals surface area contributed by atoms with E-state index >= 15 is 0 Å². The largest absolute Gasteiger partial charge is 0.396 e. The Labute approximate surface area is 118 Å². The van der Waals surface area contributed by atoms with Crippen LogP contribution in [-0.2, 0) is 10.0 Å². The first kappa shape index (κ1) is 17.0. The smallest absolute Gasteiger partial charge is 0.390 e. The molecule has 0 saturated carbocycles. The normalized spacial score (nSPS) is 14.3. The van der Waals surface area contributed by atoms with E-state index in [4.69, 9.17) is 17.3 Å². The Bertz CT molecular complexity index is 604. The number of anilines is 1. The number of nitrogens with two attached hydrogens (primary N) is 1. The van der Waals surface area contributed by atoms with Crippen LogP contribution in [0.5, 0.6) is 0 Å². The number of benzene rings is 1. The fraction of sp³-hybridized carbons (Fsp3) is 0.400. The number of rotatable bonds is 4. The van der Waals surface area contributed by atoms with E-state index in [0.717, 1.165) is 19.1 Å². The van der Waals surface area contributed by atoms with Crippen LogP contribution < -0.4 is 10.5 Å². The molecule has 114 valence electrons. The Morgan fingerprint density at radius 3 is 2.45 bits per heavy atom. The van der Waals surface area contributed by atoms with Crippen LogP contribution in [0.2, 0.25) is 5.02 Å². The minimum Gasteiger partial charge on any atom is -0.396 e. The minimum absolute atomic E-state index is 0.146.